The minimum atomic E-state index is -0.310. The normalized spacial score (nSPS) is 10.9. The van der Waals surface area contributed by atoms with Gasteiger partial charge in [-0.05, 0) is 54.1 Å². The van der Waals surface area contributed by atoms with Crippen LogP contribution in [0.25, 0.3) is 10.9 Å². The molecule has 6 nitrogen and oxygen atoms in total. The fourth-order valence-corrected chi connectivity index (χ4v) is 2.28. The van der Waals surface area contributed by atoms with Crippen LogP contribution in [-0.2, 0) is 0 Å². The summed E-state index contributed by atoms with van der Waals surface area (Å²) in [7, 11) is 3.22. The molecule has 0 atom stereocenters. The Balaban J connectivity index is 1.68. The lowest BCUT2D eigenvalue weighted by atomic mass is 10.2. The van der Waals surface area contributed by atoms with Crippen molar-refractivity contribution in [3.63, 3.8) is 0 Å². The van der Waals surface area contributed by atoms with Crippen molar-refractivity contribution < 1.29 is 14.3 Å². The first-order chi connectivity index (χ1) is 11.7. The summed E-state index contributed by atoms with van der Waals surface area (Å²) in [5, 5.41) is 4.87. The van der Waals surface area contributed by atoms with E-state index in [0.717, 1.165) is 28.0 Å². The van der Waals surface area contributed by atoms with Gasteiger partial charge in [-0.3, -0.25) is 4.79 Å². The minimum Gasteiger partial charge on any atom is -0.497 e. The number of carbonyl (C=O) groups excluding carboxylic acids is 1. The maximum Gasteiger partial charge on any atom is 0.287 e. The average molecular weight is 323 g/mol. The van der Waals surface area contributed by atoms with Crippen molar-refractivity contribution in [2.45, 2.75) is 0 Å². The van der Waals surface area contributed by atoms with Crippen LogP contribution >= 0.6 is 0 Å². The highest BCUT2D eigenvalue weighted by atomic mass is 16.5. The molecule has 0 saturated carbocycles. The van der Waals surface area contributed by atoms with E-state index in [1.165, 1.54) is 0 Å². The van der Waals surface area contributed by atoms with Crippen LogP contribution in [0, 0.1) is 0 Å². The van der Waals surface area contributed by atoms with Crippen LogP contribution in [0.1, 0.15) is 16.1 Å². The van der Waals surface area contributed by atoms with Crippen molar-refractivity contribution in [2.75, 3.05) is 14.2 Å². The number of fused-ring (bicyclic) bond motifs is 1. The summed E-state index contributed by atoms with van der Waals surface area (Å²) in [5.74, 6) is 1.20. The predicted molar refractivity (Wildman–Crippen MR) is 92.9 cm³/mol. The third kappa shape index (κ3) is 3.38. The molecule has 0 aliphatic carbocycles. The van der Waals surface area contributed by atoms with Crippen molar-refractivity contribution in [1.29, 1.82) is 0 Å². The van der Waals surface area contributed by atoms with Crippen molar-refractivity contribution in [2.24, 2.45) is 5.10 Å². The molecule has 1 amide bonds. The molecule has 0 bridgehead atoms. The quantitative estimate of drug-likeness (QED) is 0.560. The van der Waals surface area contributed by atoms with Gasteiger partial charge in [-0.2, -0.15) is 5.10 Å². The third-order valence-electron chi connectivity index (χ3n) is 3.57. The van der Waals surface area contributed by atoms with Crippen LogP contribution in [0.3, 0.4) is 0 Å². The van der Waals surface area contributed by atoms with Crippen LogP contribution in [0.2, 0.25) is 0 Å². The van der Waals surface area contributed by atoms with Crippen molar-refractivity contribution >= 4 is 23.0 Å². The molecule has 0 aliphatic heterocycles. The highest BCUT2D eigenvalue weighted by Crippen LogP contribution is 2.21. The number of hydrazone groups is 1. The Kier molecular flexibility index (Phi) is 4.47. The van der Waals surface area contributed by atoms with E-state index in [1.807, 2.05) is 42.5 Å². The molecule has 3 rings (SSSR count). The summed E-state index contributed by atoms with van der Waals surface area (Å²) in [6.07, 6.45) is 1.57. The molecule has 6 heteroatoms. The first-order valence-corrected chi connectivity index (χ1v) is 7.34. The number of amides is 1. The number of nitrogens with zero attached hydrogens (tertiary/aromatic N) is 1. The molecule has 122 valence electrons. The molecule has 0 spiro atoms. The molecule has 0 unspecified atom stereocenters. The smallest absolute Gasteiger partial charge is 0.287 e. The van der Waals surface area contributed by atoms with Crippen LogP contribution < -0.4 is 14.9 Å². The van der Waals surface area contributed by atoms with E-state index >= 15 is 0 Å². The summed E-state index contributed by atoms with van der Waals surface area (Å²) in [5.41, 5.74) is 4.66. The number of nitrogens with one attached hydrogen (secondary N) is 2. The number of hydrogen-bond acceptors (Lipinski definition) is 4. The van der Waals surface area contributed by atoms with Crippen molar-refractivity contribution in [3.8, 4) is 11.5 Å². The topological polar surface area (TPSA) is 75.7 Å². The number of rotatable bonds is 5. The summed E-state index contributed by atoms with van der Waals surface area (Å²) >= 11 is 0. The molecular weight excluding hydrogens is 306 g/mol. The molecule has 1 aromatic heterocycles. The van der Waals surface area contributed by atoms with Crippen LogP contribution in [-0.4, -0.2) is 31.3 Å². The zero-order chi connectivity index (χ0) is 16.9. The van der Waals surface area contributed by atoms with E-state index in [-0.39, 0.29) is 5.91 Å². The number of H-pyrrole nitrogens is 1. The van der Waals surface area contributed by atoms with Gasteiger partial charge < -0.3 is 14.5 Å². The number of carbonyl (C=O) groups is 1. The van der Waals surface area contributed by atoms with Gasteiger partial charge in [0, 0.05) is 10.9 Å². The Morgan fingerprint density at radius 1 is 1.04 bits per heavy atom. The maximum atomic E-state index is 12.2. The molecular formula is C18H17N3O3. The Bertz CT molecular complexity index is 882. The third-order valence-corrected chi connectivity index (χ3v) is 3.57. The monoisotopic (exact) mass is 323 g/mol. The Morgan fingerprint density at radius 3 is 2.46 bits per heavy atom. The van der Waals surface area contributed by atoms with E-state index in [2.05, 4.69) is 15.5 Å². The predicted octanol–water partition coefficient (Wildman–Crippen LogP) is 2.95. The molecule has 0 radical (unpaired) electrons. The van der Waals surface area contributed by atoms with E-state index in [1.54, 1.807) is 26.5 Å². The molecule has 0 aliphatic rings. The summed E-state index contributed by atoms with van der Waals surface area (Å²) in [4.78, 5) is 15.2. The second-order valence-corrected chi connectivity index (χ2v) is 5.11. The molecule has 0 fully saturated rings. The SMILES string of the molecule is COc1ccc(/C=N\NC(=O)c2cc3cc(OC)ccc3[nH]2)cc1. The van der Waals surface area contributed by atoms with Gasteiger partial charge in [0.1, 0.15) is 17.2 Å². The van der Waals surface area contributed by atoms with Gasteiger partial charge in [-0.15, -0.1) is 0 Å². The zero-order valence-electron chi connectivity index (χ0n) is 13.4. The first kappa shape index (κ1) is 15.6. The van der Waals surface area contributed by atoms with Crippen molar-refractivity contribution in [1.82, 2.24) is 10.4 Å². The second-order valence-electron chi connectivity index (χ2n) is 5.11. The van der Waals surface area contributed by atoms with Gasteiger partial charge in [-0.25, -0.2) is 5.43 Å². The lowest BCUT2D eigenvalue weighted by molar-refractivity contribution is 0.0951. The second kappa shape index (κ2) is 6.87. The van der Waals surface area contributed by atoms with Crippen LogP contribution in [0.4, 0.5) is 0 Å². The summed E-state index contributed by atoms with van der Waals surface area (Å²) < 4.78 is 10.3. The average Bonchev–Trinajstić information content (AvgIpc) is 3.05. The van der Waals surface area contributed by atoms with Gasteiger partial charge in [0.15, 0.2) is 0 Å². The lowest BCUT2D eigenvalue weighted by Crippen LogP contribution is -2.17. The number of methoxy groups -OCH3 is 2. The van der Waals surface area contributed by atoms with E-state index in [9.17, 15) is 4.79 Å². The van der Waals surface area contributed by atoms with E-state index < -0.39 is 0 Å². The minimum absolute atomic E-state index is 0.310. The molecule has 0 saturated heterocycles. The van der Waals surface area contributed by atoms with E-state index in [0.29, 0.717) is 5.69 Å². The van der Waals surface area contributed by atoms with Crippen LogP contribution in [0.15, 0.2) is 53.6 Å². The van der Waals surface area contributed by atoms with Gasteiger partial charge in [-0.1, -0.05) is 0 Å². The van der Waals surface area contributed by atoms with Crippen molar-refractivity contribution in [3.05, 3.63) is 59.8 Å². The summed E-state index contributed by atoms with van der Waals surface area (Å²) in [6.45, 7) is 0. The molecule has 1 heterocycles. The highest BCUT2D eigenvalue weighted by molar-refractivity contribution is 5.98. The number of ether oxygens (including phenoxy) is 2. The number of aromatic amines is 1. The Hall–Kier alpha value is -3.28. The molecule has 2 aromatic carbocycles. The highest BCUT2D eigenvalue weighted by Gasteiger charge is 2.09. The maximum absolute atomic E-state index is 12.2. The Morgan fingerprint density at radius 2 is 1.75 bits per heavy atom. The summed E-state index contributed by atoms with van der Waals surface area (Å²) in [6, 6.07) is 14.7. The zero-order valence-corrected chi connectivity index (χ0v) is 13.4. The standard InChI is InChI=1S/C18H17N3O3/c1-23-14-5-3-12(4-6-14)11-19-21-18(22)17-10-13-9-15(24-2)7-8-16(13)20-17/h3-11,20H,1-2H3,(H,21,22)/b19-11-. The number of benzene rings is 2. The molecule has 24 heavy (non-hydrogen) atoms. The van der Waals surface area contributed by atoms with Crippen LogP contribution in [0.5, 0.6) is 11.5 Å². The van der Waals surface area contributed by atoms with Gasteiger partial charge >= 0.3 is 0 Å². The fourth-order valence-electron chi connectivity index (χ4n) is 2.28. The van der Waals surface area contributed by atoms with Gasteiger partial charge in [0.25, 0.3) is 5.91 Å². The van der Waals surface area contributed by atoms with E-state index in [4.69, 9.17) is 9.47 Å². The number of hydrogen-bond donors (Lipinski definition) is 2. The fraction of sp³-hybridized carbons (Fsp3) is 0.111. The molecule has 2 N–H and O–H groups in total. The molecule has 3 aromatic rings. The largest absolute Gasteiger partial charge is 0.497 e. The van der Waals surface area contributed by atoms with Gasteiger partial charge in [0.05, 0.1) is 20.4 Å². The Labute approximate surface area is 139 Å². The lowest BCUT2D eigenvalue weighted by Gasteiger charge is -1.99. The first-order valence-electron chi connectivity index (χ1n) is 7.34. The number of aromatic nitrogens is 1. The van der Waals surface area contributed by atoms with Gasteiger partial charge in [0.2, 0.25) is 0 Å².